The fourth-order valence-electron chi connectivity index (χ4n) is 2.53. The molecule has 0 radical (unpaired) electrons. The number of hydrogen-bond acceptors (Lipinski definition) is 5. The molecule has 6 heteroatoms. The smallest absolute Gasteiger partial charge is 0.354 e. The number of carboxylic acids is 1. The van der Waals surface area contributed by atoms with E-state index in [1.165, 1.54) is 0 Å². The van der Waals surface area contributed by atoms with Crippen LogP contribution >= 0.6 is 0 Å². The fourth-order valence-corrected chi connectivity index (χ4v) is 2.53. The zero-order valence-corrected chi connectivity index (χ0v) is 13.1. The van der Waals surface area contributed by atoms with Crippen LogP contribution in [0.3, 0.4) is 0 Å². The Balaban J connectivity index is 2.53. The van der Waals surface area contributed by atoms with Gasteiger partial charge < -0.3 is 15.2 Å². The van der Waals surface area contributed by atoms with E-state index >= 15 is 0 Å². The minimum absolute atomic E-state index is 0.0937. The van der Waals surface area contributed by atoms with Gasteiger partial charge in [-0.05, 0) is 12.3 Å². The molecule has 1 atom stereocenters. The number of aromatic carboxylic acids is 1. The topological polar surface area (TPSA) is 84.3 Å². The van der Waals surface area contributed by atoms with E-state index in [2.05, 4.69) is 15.3 Å². The van der Waals surface area contributed by atoms with Gasteiger partial charge in [0, 0.05) is 31.7 Å². The molecule has 1 aromatic rings. The van der Waals surface area contributed by atoms with E-state index in [4.69, 9.17) is 4.74 Å². The lowest BCUT2D eigenvalue weighted by atomic mass is 9.88. The molecule has 21 heavy (non-hydrogen) atoms. The average Bonchev–Trinajstić information content (AvgIpc) is 2.42. The van der Waals surface area contributed by atoms with Gasteiger partial charge in [0.1, 0.15) is 6.10 Å². The lowest BCUT2D eigenvalue weighted by molar-refractivity contribution is -0.0194. The van der Waals surface area contributed by atoms with Gasteiger partial charge in [0.25, 0.3) is 0 Å². The van der Waals surface area contributed by atoms with Crippen molar-refractivity contribution < 1.29 is 14.6 Å². The van der Waals surface area contributed by atoms with Gasteiger partial charge in [-0.25, -0.2) is 14.8 Å². The van der Waals surface area contributed by atoms with Crippen LogP contribution < -0.4 is 5.32 Å². The second kappa shape index (κ2) is 6.07. The zero-order chi connectivity index (χ0) is 15.6. The van der Waals surface area contributed by atoms with E-state index in [0.717, 1.165) is 12.2 Å². The number of fused-ring (bicyclic) bond motifs is 1. The molecular weight excluding hydrogens is 270 g/mol. The third-order valence-electron chi connectivity index (χ3n) is 3.51. The third-order valence-corrected chi connectivity index (χ3v) is 3.51. The lowest BCUT2D eigenvalue weighted by Gasteiger charge is -2.30. The Morgan fingerprint density at radius 3 is 2.71 bits per heavy atom. The fraction of sp³-hybridized carbons (Fsp3) is 0.667. The maximum atomic E-state index is 11.5. The molecule has 116 valence electrons. The van der Waals surface area contributed by atoms with Crippen LogP contribution in [-0.4, -0.2) is 34.2 Å². The Kier molecular flexibility index (Phi) is 4.58. The minimum atomic E-state index is -1.01. The van der Waals surface area contributed by atoms with Gasteiger partial charge in [0.05, 0.1) is 5.69 Å². The highest BCUT2D eigenvalue weighted by atomic mass is 16.5. The number of aromatic nitrogens is 2. The first-order chi connectivity index (χ1) is 9.84. The van der Waals surface area contributed by atoms with Gasteiger partial charge in [-0.3, -0.25) is 0 Å². The lowest BCUT2D eigenvalue weighted by Crippen LogP contribution is -2.31. The molecule has 0 saturated heterocycles. The van der Waals surface area contributed by atoms with Crippen LogP contribution in [0.4, 0.5) is 0 Å². The van der Waals surface area contributed by atoms with E-state index in [1.54, 1.807) is 0 Å². The first kappa shape index (κ1) is 15.9. The van der Waals surface area contributed by atoms with Crippen LogP contribution in [0.5, 0.6) is 0 Å². The van der Waals surface area contributed by atoms with Crippen LogP contribution in [0.2, 0.25) is 0 Å². The largest absolute Gasteiger partial charge is 0.476 e. The molecule has 0 fully saturated rings. The number of nitrogens with one attached hydrogen (secondary N) is 1. The SMILES string of the molecule is CCOC(c1nc2c(c(C(=O)O)n1)CNCC2)C(C)(C)C. The predicted molar refractivity (Wildman–Crippen MR) is 78.2 cm³/mol. The molecule has 0 aliphatic carbocycles. The molecule has 0 bridgehead atoms. The van der Waals surface area contributed by atoms with Gasteiger partial charge in [-0.15, -0.1) is 0 Å². The summed E-state index contributed by atoms with van der Waals surface area (Å²) in [5.41, 5.74) is 1.41. The molecule has 0 saturated carbocycles. The monoisotopic (exact) mass is 293 g/mol. The second-order valence-corrected chi connectivity index (χ2v) is 6.29. The van der Waals surface area contributed by atoms with Crippen molar-refractivity contribution in [1.29, 1.82) is 0 Å². The number of carboxylic acid groups (broad SMARTS) is 1. The number of hydrogen-bond donors (Lipinski definition) is 2. The molecule has 0 aromatic carbocycles. The Bertz CT molecular complexity index is 538. The molecule has 2 rings (SSSR count). The molecule has 1 aromatic heterocycles. The first-order valence-electron chi connectivity index (χ1n) is 7.30. The van der Waals surface area contributed by atoms with Crippen LogP contribution in [0, 0.1) is 5.41 Å². The summed E-state index contributed by atoms with van der Waals surface area (Å²) in [6.07, 6.45) is 0.398. The van der Waals surface area contributed by atoms with E-state index in [1.807, 2.05) is 27.7 Å². The Morgan fingerprint density at radius 2 is 2.14 bits per heavy atom. The normalized spacial score (nSPS) is 16.4. The van der Waals surface area contributed by atoms with Gasteiger partial charge in [0.2, 0.25) is 0 Å². The van der Waals surface area contributed by atoms with Crippen LogP contribution in [0.25, 0.3) is 0 Å². The van der Waals surface area contributed by atoms with Crippen molar-refractivity contribution in [2.45, 2.75) is 46.8 Å². The molecule has 2 N–H and O–H groups in total. The maximum absolute atomic E-state index is 11.5. The average molecular weight is 293 g/mol. The van der Waals surface area contributed by atoms with Crippen molar-refractivity contribution >= 4 is 5.97 Å². The van der Waals surface area contributed by atoms with E-state index in [0.29, 0.717) is 31.0 Å². The van der Waals surface area contributed by atoms with Crippen molar-refractivity contribution in [2.75, 3.05) is 13.2 Å². The molecule has 1 aliphatic heterocycles. The molecule has 0 spiro atoms. The number of nitrogens with zero attached hydrogens (tertiary/aromatic N) is 2. The van der Waals surface area contributed by atoms with Gasteiger partial charge in [0.15, 0.2) is 11.5 Å². The minimum Gasteiger partial charge on any atom is -0.476 e. The van der Waals surface area contributed by atoms with Crippen LogP contribution in [0.1, 0.15) is 61.4 Å². The predicted octanol–water partition coefficient (Wildman–Crippen LogP) is 1.94. The highest BCUT2D eigenvalue weighted by Crippen LogP contribution is 2.35. The van der Waals surface area contributed by atoms with Crippen molar-refractivity contribution in [3.63, 3.8) is 0 Å². The van der Waals surface area contributed by atoms with Crippen molar-refractivity contribution in [3.8, 4) is 0 Å². The molecule has 1 aliphatic rings. The van der Waals surface area contributed by atoms with Gasteiger partial charge in [-0.1, -0.05) is 20.8 Å². The van der Waals surface area contributed by atoms with Gasteiger partial charge >= 0.3 is 5.97 Å². The molecule has 0 amide bonds. The highest BCUT2D eigenvalue weighted by molar-refractivity contribution is 5.87. The zero-order valence-electron chi connectivity index (χ0n) is 13.1. The second-order valence-electron chi connectivity index (χ2n) is 6.29. The number of ether oxygens (including phenoxy) is 1. The van der Waals surface area contributed by atoms with E-state index in [-0.39, 0.29) is 17.2 Å². The molecule has 6 nitrogen and oxygen atoms in total. The van der Waals surface area contributed by atoms with Gasteiger partial charge in [-0.2, -0.15) is 0 Å². The summed E-state index contributed by atoms with van der Waals surface area (Å²) in [5.74, 6) is -0.537. The quantitative estimate of drug-likeness (QED) is 0.882. The highest BCUT2D eigenvalue weighted by Gasteiger charge is 2.32. The van der Waals surface area contributed by atoms with Crippen molar-refractivity contribution in [3.05, 3.63) is 22.8 Å². The Hall–Kier alpha value is -1.53. The van der Waals surface area contributed by atoms with Crippen molar-refractivity contribution in [2.24, 2.45) is 5.41 Å². The third kappa shape index (κ3) is 3.39. The standard InChI is InChI=1S/C15H23N3O3/c1-5-21-12(15(2,3)4)13-17-10-6-7-16-8-9(10)11(18-13)14(19)20/h12,16H,5-8H2,1-4H3,(H,19,20). The van der Waals surface area contributed by atoms with Crippen LogP contribution in [-0.2, 0) is 17.7 Å². The summed E-state index contributed by atoms with van der Waals surface area (Å²) in [6.45, 7) is 9.88. The maximum Gasteiger partial charge on any atom is 0.354 e. The number of rotatable bonds is 4. The Labute approximate surface area is 124 Å². The summed E-state index contributed by atoms with van der Waals surface area (Å²) in [5, 5.41) is 12.6. The van der Waals surface area contributed by atoms with Crippen molar-refractivity contribution in [1.82, 2.24) is 15.3 Å². The number of carbonyl (C=O) groups is 1. The molecular formula is C15H23N3O3. The van der Waals surface area contributed by atoms with E-state index < -0.39 is 5.97 Å². The van der Waals surface area contributed by atoms with E-state index in [9.17, 15) is 9.90 Å². The summed E-state index contributed by atoms with van der Waals surface area (Å²) < 4.78 is 5.78. The summed E-state index contributed by atoms with van der Waals surface area (Å²) in [7, 11) is 0. The summed E-state index contributed by atoms with van der Waals surface area (Å²) >= 11 is 0. The molecule has 2 heterocycles. The van der Waals surface area contributed by atoms with Crippen LogP contribution in [0.15, 0.2) is 0 Å². The first-order valence-corrected chi connectivity index (χ1v) is 7.30. The summed E-state index contributed by atoms with van der Waals surface area (Å²) in [4.78, 5) is 20.4. The molecule has 1 unspecified atom stereocenters. The Morgan fingerprint density at radius 1 is 1.43 bits per heavy atom. The summed E-state index contributed by atoms with van der Waals surface area (Å²) in [6, 6.07) is 0.